The van der Waals surface area contributed by atoms with Crippen molar-refractivity contribution in [1.82, 2.24) is 20.1 Å². The van der Waals surface area contributed by atoms with Crippen LogP contribution in [0.4, 0.5) is 5.69 Å². The first-order chi connectivity index (χ1) is 14.5. The summed E-state index contributed by atoms with van der Waals surface area (Å²) in [4.78, 5) is 21.4. The van der Waals surface area contributed by atoms with Crippen LogP contribution in [-0.4, -0.2) is 53.2 Å². The summed E-state index contributed by atoms with van der Waals surface area (Å²) in [7, 11) is 4.03. The molecule has 0 saturated carbocycles. The Kier molecular flexibility index (Phi) is 5.70. The number of ether oxygens (including phenoxy) is 1. The number of nitrogens with zero attached hydrogens (tertiary/aromatic N) is 4. The first kappa shape index (κ1) is 19.9. The summed E-state index contributed by atoms with van der Waals surface area (Å²) in [6.45, 7) is 3.37. The highest BCUT2D eigenvalue weighted by atomic mass is 16.5. The second-order valence-corrected chi connectivity index (χ2v) is 7.92. The van der Waals surface area contributed by atoms with Crippen LogP contribution in [0.5, 0.6) is 11.5 Å². The number of aromatic amines is 1. The van der Waals surface area contributed by atoms with Crippen molar-refractivity contribution in [3.63, 3.8) is 0 Å². The first-order valence-electron chi connectivity index (χ1n) is 10.2. The zero-order chi connectivity index (χ0) is 21.1. The summed E-state index contributed by atoms with van der Waals surface area (Å²) in [5, 5.41) is 6.65. The average molecular weight is 406 g/mol. The largest absolute Gasteiger partial charge is 0.457 e. The molecule has 0 aliphatic carbocycles. The number of anilines is 1. The number of amides is 1. The molecule has 7 heteroatoms. The van der Waals surface area contributed by atoms with Gasteiger partial charge in [0.1, 0.15) is 17.2 Å². The molecule has 1 amide bonds. The van der Waals surface area contributed by atoms with Crippen LogP contribution >= 0.6 is 0 Å². The maximum atomic E-state index is 12.7. The van der Waals surface area contributed by atoms with Gasteiger partial charge in [-0.1, -0.05) is 0 Å². The topological polar surface area (TPSA) is 74.3 Å². The minimum Gasteiger partial charge on any atom is -0.457 e. The number of likely N-dealkylation sites (tertiary alicyclic amines) is 1. The lowest BCUT2D eigenvalue weighted by atomic mass is 9.93. The van der Waals surface area contributed by atoms with E-state index in [1.54, 1.807) is 12.3 Å². The predicted molar refractivity (Wildman–Crippen MR) is 116 cm³/mol. The molecule has 3 heterocycles. The summed E-state index contributed by atoms with van der Waals surface area (Å²) >= 11 is 0. The van der Waals surface area contributed by atoms with Gasteiger partial charge in [0.15, 0.2) is 0 Å². The normalized spacial score (nSPS) is 16.4. The number of hydrogen-bond acceptors (Lipinski definition) is 5. The smallest absolute Gasteiger partial charge is 0.271 e. The van der Waals surface area contributed by atoms with Crippen LogP contribution in [0.2, 0.25) is 0 Å². The molecule has 30 heavy (non-hydrogen) atoms. The number of piperidine rings is 1. The fourth-order valence-electron chi connectivity index (χ4n) is 3.83. The van der Waals surface area contributed by atoms with Crippen LogP contribution in [0.1, 0.15) is 40.6 Å². The Morgan fingerprint density at radius 2 is 1.97 bits per heavy atom. The molecule has 4 rings (SSSR count). The third kappa shape index (κ3) is 4.45. The van der Waals surface area contributed by atoms with Crippen molar-refractivity contribution in [1.29, 1.82) is 0 Å². The van der Waals surface area contributed by atoms with Crippen LogP contribution in [0.15, 0.2) is 48.7 Å². The quantitative estimate of drug-likeness (QED) is 0.695. The molecule has 1 aliphatic heterocycles. The van der Waals surface area contributed by atoms with Crippen molar-refractivity contribution in [2.45, 2.75) is 25.7 Å². The van der Waals surface area contributed by atoms with Gasteiger partial charge in [0, 0.05) is 68.5 Å². The lowest BCUT2D eigenvalue weighted by Crippen LogP contribution is -2.39. The third-order valence-electron chi connectivity index (χ3n) is 5.39. The van der Waals surface area contributed by atoms with Crippen LogP contribution in [0.25, 0.3) is 0 Å². The Morgan fingerprint density at radius 3 is 2.67 bits per heavy atom. The Labute approximate surface area is 176 Å². The van der Waals surface area contributed by atoms with E-state index >= 15 is 0 Å². The van der Waals surface area contributed by atoms with Gasteiger partial charge >= 0.3 is 0 Å². The third-order valence-corrected chi connectivity index (χ3v) is 5.39. The van der Waals surface area contributed by atoms with E-state index in [2.05, 4.69) is 15.1 Å². The molecule has 0 spiro atoms. The van der Waals surface area contributed by atoms with Crippen LogP contribution < -0.4 is 9.64 Å². The molecule has 0 bridgehead atoms. The van der Waals surface area contributed by atoms with Crippen LogP contribution in [0.3, 0.4) is 0 Å². The lowest BCUT2D eigenvalue weighted by molar-refractivity contribution is 0.0700. The highest BCUT2D eigenvalue weighted by Gasteiger charge is 2.27. The molecule has 1 aliphatic rings. The molecular weight excluding hydrogens is 378 g/mol. The number of rotatable bonds is 5. The van der Waals surface area contributed by atoms with Gasteiger partial charge in [-0.2, -0.15) is 5.10 Å². The Morgan fingerprint density at radius 1 is 1.17 bits per heavy atom. The maximum Gasteiger partial charge on any atom is 0.271 e. The Balaban J connectivity index is 1.50. The fourth-order valence-corrected chi connectivity index (χ4v) is 3.83. The summed E-state index contributed by atoms with van der Waals surface area (Å²) in [5.41, 5.74) is 3.53. The molecule has 2 aromatic heterocycles. The van der Waals surface area contributed by atoms with E-state index in [4.69, 9.17) is 9.72 Å². The molecule has 0 unspecified atom stereocenters. The van der Waals surface area contributed by atoms with Crippen molar-refractivity contribution in [2.75, 3.05) is 32.1 Å². The number of benzene rings is 1. The van der Waals surface area contributed by atoms with E-state index in [1.165, 1.54) is 0 Å². The van der Waals surface area contributed by atoms with Crippen LogP contribution in [-0.2, 0) is 0 Å². The highest BCUT2D eigenvalue weighted by molar-refractivity contribution is 5.92. The maximum absolute atomic E-state index is 12.7. The number of aromatic nitrogens is 3. The zero-order valence-corrected chi connectivity index (χ0v) is 17.6. The molecule has 1 N–H and O–H groups in total. The number of hydrogen-bond donors (Lipinski definition) is 1. The number of nitrogens with one attached hydrogen (secondary N) is 1. The molecule has 1 saturated heterocycles. The van der Waals surface area contributed by atoms with Gasteiger partial charge in [-0.3, -0.25) is 14.9 Å². The van der Waals surface area contributed by atoms with Crippen molar-refractivity contribution in [2.24, 2.45) is 0 Å². The van der Waals surface area contributed by atoms with Gasteiger partial charge in [0.25, 0.3) is 5.91 Å². The van der Waals surface area contributed by atoms with Gasteiger partial charge in [0.05, 0.1) is 0 Å². The summed E-state index contributed by atoms with van der Waals surface area (Å²) in [6, 6.07) is 13.7. The van der Waals surface area contributed by atoms with E-state index in [0.29, 0.717) is 12.2 Å². The van der Waals surface area contributed by atoms with Crippen molar-refractivity contribution in [3.8, 4) is 11.5 Å². The molecular formula is C23H27N5O2. The summed E-state index contributed by atoms with van der Waals surface area (Å²) in [6.07, 6.45) is 3.55. The molecule has 7 nitrogen and oxygen atoms in total. The van der Waals surface area contributed by atoms with E-state index in [9.17, 15) is 4.79 Å². The van der Waals surface area contributed by atoms with Crippen molar-refractivity contribution < 1.29 is 9.53 Å². The minimum atomic E-state index is -0.0118. The molecule has 3 aromatic rings. The molecule has 1 atom stereocenters. The van der Waals surface area contributed by atoms with E-state index in [0.717, 1.165) is 48.0 Å². The van der Waals surface area contributed by atoms with E-state index < -0.39 is 0 Å². The van der Waals surface area contributed by atoms with Gasteiger partial charge in [-0.05, 0) is 50.1 Å². The van der Waals surface area contributed by atoms with E-state index in [1.807, 2.05) is 62.3 Å². The van der Waals surface area contributed by atoms with Gasteiger partial charge in [-0.15, -0.1) is 0 Å². The van der Waals surface area contributed by atoms with Crippen molar-refractivity contribution in [3.05, 3.63) is 65.7 Å². The predicted octanol–water partition coefficient (Wildman–Crippen LogP) is 3.99. The lowest BCUT2D eigenvalue weighted by Gasteiger charge is -2.32. The SMILES string of the molecule is Cc1cc(Oc2ccc(N(C)C)cc2)cc([C@H]2CCCN(C(=O)c3ccn[nH]3)C2)n1. The highest BCUT2D eigenvalue weighted by Crippen LogP contribution is 2.31. The first-order valence-corrected chi connectivity index (χ1v) is 10.2. The van der Waals surface area contributed by atoms with E-state index in [-0.39, 0.29) is 11.8 Å². The fraction of sp³-hybridized carbons (Fsp3) is 0.348. The monoisotopic (exact) mass is 405 g/mol. The molecule has 0 radical (unpaired) electrons. The number of pyridine rings is 1. The number of aryl methyl sites for hydroxylation is 1. The average Bonchev–Trinajstić information content (AvgIpc) is 3.28. The second-order valence-electron chi connectivity index (χ2n) is 7.92. The second kappa shape index (κ2) is 8.57. The van der Waals surface area contributed by atoms with Gasteiger partial charge < -0.3 is 14.5 Å². The zero-order valence-electron chi connectivity index (χ0n) is 17.6. The molecule has 1 fully saturated rings. The number of carbonyl (C=O) groups excluding carboxylic acids is 1. The van der Waals surface area contributed by atoms with Crippen LogP contribution in [0, 0.1) is 6.92 Å². The molecule has 1 aromatic carbocycles. The van der Waals surface area contributed by atoms with Gasteiger partial charge in [0.2, 0.25) is 0 Å². The summed E-state index contributed by atoms with van der Waals surface area (Å²) < 4.78 is 6.11. The summed E-state index contributed by atoms with van der Waals surface area (Å²) in [5.74, 6) is 1.73. The Hall–Kier alpha value is -3.35. The number of carbonyl (C=O) groups is 1. The molecule has 156 valence electrons. The standard InChI is InChI=1S/C23H27N5O2/c1-16-13-20(30-19-8-6-18(7-9-19)27(2)3)14-22(25-16)17-5-4-12-28(15-17)23(29)21-10-11-24-26-21/h6-11,13-14,17H,4-5,12,15H2,1-3H3,(H,24,26)/t17-/m0/s1. The number of H-pyrrole nitrogens is 1. The minimum absolute atomic E-state index is 0.0118. The van der Waals surface area contributed by atoms with Crippen molar-refractivity contribution >= 4 is 11.6 Å². The van der Waals surface area contributed by atoms with Gasteiger partial charge in [-0.25, -0.2) is 0 Å². The Bertz CT molecular complexity index is 999.